The highest BCUT2D eigenvalue weighted by Crippen LogP contribution is 2.21. The molecule has 0 aliphatic rings. The molecule has 8 heteroatoms. The summed E-state index contributed by atoms with van der Waals surface area (Å²) in [5.41, 5.74) is 0.329. The highest BCUT2D eigenvalue weighted by molar-refractivity contribution is 7.92. The minimum absolute atomic E-state index is 0.0354. The van der Waals surface area contributed by atoms with E-state index in [1.54, 1.807) is 6.92 Å². The van der Waals surface area contributed by atoms with Crippen molar-refractivity contribution in [1.82, 2.24) is 0 Å². The molecule has 22 heavy (non-hydrogen) atoms. The van der Waals surface area contributed by atoms with Crippen molar-refractivity contribution in [2.75, 3.05) is 4.72 Å². The van der Waals surface area contributed by atoms with E-state index in [0.29, 0.717) is 11.6 Å². The minimum atomic E-state index is -4.30. The third-order valence-corrected chi connectivity index (χ3v) is 4.32. The number of rotatable bonds is 4. The molecule has 0 heterocycles. The second-order valence-electron chi connectivity index (χ2n) is 4.52. The maximum absolute atomic E-state index is 13.6. The van der Waals surface area contributed by atoms with Crippen LogP contribution in [0.25, 0.3) is 0 Å². The summed E-state index contributed by atoms with van der Waals surface area (Å²) >= 11 is 0. The van der Waals surface area contributed by atoms with Crippen LogP contribution in [0.3, 0.4) is 0 Å². The van der Waals surface area contributed by atoms with E-state index in [1.807, 2.05) is 0 Å². The monoisotopic (exact) mass is 327 g/mol. The van der Waals surface area contributed by atoms with Gasteiger partial charge in [0.2, 0.25) is 0 Å². The number of nitrogens with one attached hydrogen (secondary N) is 1. The topological polar surface area (TPSA) is 83.5 Å². The van der Waals surface area contributed by atoms with Gasteiger partial charge in [0.05, 0.1) is 5.56 Å². The zero-order valence-corrected chi connectivity index (χ0v) is 12.1. The lowest BCUT2D eigenvalue weighted by atomic mass is 10.1. The van der Waals surface area contributed by atoms with Crippen LogP contribution in [0.15, 0.2) is 41.3 Å². The zero-order chi connectivity index (χ0) is 16.5. The van der Waals surface area contributed by atoms with E-state index in [-0.39, 0.29) is 11.3 Å². The average molecular weight is 327 g/mol. The first-order valence-electron chi connectivity index (χ1n) is 6.02. The molecule has 0 saturated carbocycles. The van der Waals surface area contributed by atoms with Gasteiger partial charge in [-0.15, -0.1) is 0 Å². The lowest BCUT2D eigenvalue weighted by Crippen LogP contribution is -2.15. The number of halogens is 2. The number of hydrogen-bond donors (Lipinski definition) is 2. The smallest absolute Gasteiger partial charge is 0.336 e. The highest BCUT2D eigenvalue weighted by Gasteiger charge is 2.20. The molecule has 0 atom stereocenters. The predicted octanol–water partition coefficient (Wildman–Crippen LogP) is 2.77. The van der Waals surface area contributed by atoms with Crippen LogP contribution in [0.2, 0.25) is 0 Å². The molecule has 2 rings (SSSR count). The molecule has 116 valence electrons. The second kappa shape index (κ2) is 5.72. The largest absolute Gasteiger partial charge is 0.478 e. The van der Waals surface area contributed by atoms with Crippen LogP contribution in [0, 0.1) is 18.6 Å². The van der Waals surface area contributed by atoms with Gasteiger partial charge in [-0.05, 0) is 36.8 Å². The summed E-state index contributed by atoms with van der Waals surface area (Å²) in [7, 11) is -4.30. The average Bonchev–Trinajstić information content (AvgIpc) is 2.39. The third-order valence-electron chi connectivity index (χ3n) is 2.90. The Labute approximate surface area is 125 Å². The molecule has 0 bridgehead atoms. The Morgan fingerprint density at radius 3 is 2.41 bits per heavy atom. The summed E-state index contributed by atoms with van der Waals surface area (Å²) in [4.78, 5) is 10.3. The van der Waals surface area contributed by atoms with Gasteiger partial charge in [-0.3, -0.25) is 4.72 Å². The van der Waals surface area contributed by atoms with Crippen LogP contribution in [0.4, 0.5) is 14.5 Å². The van der Waals surface area contributed by atoms with E-state index >= 15 is 0 Å². The fourth-order valence-electron chi connectivity index (χ4n) is 1.82. The Hall–Kier alpha value is -2.48. The van der Waals surface area contributed by atoms with E-state index < -0.39 is 32.5 Å². The summed E-state index contributed by atoms with van der Waals surface area (Å²) in [6.07, 6.45) is 0. The number of aryl methyl sites for hydroxylation is 1. The number of carbonyl (C=O) groups is 1. The molecule has 0 fully saturated rings. The summed E-state index contributed by atoms with van der Waals surface area (Å²) in [5.74, 6) is -3.36. The molecule has 2 aromatic rings. The number of aromatic carboxylic acids is 1. The lowest BCUT2D eigenvalue weighted by molar-refractivity contribution is 0.0696. The van der Waals surface area contributed by atoms with Gasteiger partial charge in [0.15, 0.2) is 0 Å². The van der Waals surface area contributed by atoms with Crippen molar-refractivity contribution in [2.45, 2.75) is 11.8 Å². The van der Waals surface area contributed by atoms with Crippen molar-refractivity contribution in [3.05, 3.63) is 59.2 Å². The molecule has 0 unspecified atom stereocenters. The van der Waals surface area contributed by atoms with Crippen LogP contribution >= 0.6 is 0 Å². The molecular weight excluding hydrogens is 316 g/mol. The number of hydrogen-bond acceptors (Lipinski definition) is 3. The first-order chi connectivity index (χ1) is 10.2. The fourth-order valence-corrected chi connectivity index (χ4v) is 2.93. The van der Waals surface area contributed by atoms with E-state index in [9.17, 15) is 22.0 Å². The molecule has 2 aromatic carbocycles. The molecule has 0 aliphatic heterocycles. The van der Waals surface area contributed by atoms with Gasteiger partial charge in [0.25, 0.3) is 10.0 Å². The van der Waals surface area contributed by atoms with Crippen LogP contribution in [0.5, 0.6) is 0 Å². The number of benzene rings is 2. The lowest BCUT2D eigenvalue weighted by Gasteiger charge is -2.10. The van der Waals surface area contributed by atoms with E-state index in [0.717, 1.165) is 18.2 Å². The maximum Gasteiger partial charge on any atom is 0.336 e. The Bertz CT molecular complexity index is 850. The molecule has 2 N–H and O–H groups in total. The fraction of sp³-hybridized carbons (Fsp3) is 0.0714. The summed E-state index contributed by atoms with van der Waals surface area (Å²) in [6.45, 7) is 1.56. The highest BCUT2D eigenvalue weighted by atomic mass is 32.2. The molecule has 0 amide bonds. The summed E-state index contributed by atoms with van der Waals surface area (Å²) in [6, 6.07) is 5.95. The Morgan fingerprint density at radius 1 is 1.14 bits per heavy atom. The molecule has 0 aliphatic carbocycles. The number of carboxylic acid groups (broad SMARTS) is 1. The third kappa shape index (κ3) is 3.22. The van der Waals surface area contributed by atoms with Crippen LogP contribution in [0.1, 0.15) is 15.9 Å². The van der Waals surface area contributed by atoms with Crippen LogP contribution < -0.4 is 4.72 Å². The van der Waals surface area contributed by atoms with Crippen LogP contribution in [-0.2, 0) is 10.0 Å². The van der Waals surface area contributed by atoms with Gasteiger partial charge >= 0.3 is 5.97 Å². The summed E-state index contributed by atoms with van der Waals surface area (Å²) < 4.78 is 52.6. The molecule has 0 radical (unpaired) electrons. The normalized spacial score (nSPS) is 11.2. The Kier molecular flexibility index (Phi) is 4.14. The first-order valence-corrected chi connectivity index (χ1v) is 7.51. The summed E-state index contributed by atoms with van der Waals surface area (Å²) in [5, 5.41) is 9.00. The molecule has 0 saturated heterocycles. The maximum atomic E-state index is 13.6. The number of sulfonamides is 1. The van der Waals surface area contributed by atoms with E-state index in [1.165, 1.54) is 12.1 Å². The van der Waals surface area contributed by atoms with Crippen molar-refractivity contribution >= 4 is 21.7 Å². The minimum Gasteiger partial charge on any atom is -0.478 e. The number of carboxylic acids is 1. The second-order valence-corrected chi connectivity index (χ2v) is 6.17. The van der Waals surface area contributed by atoms with Gasteiger partial charge in [-0.25, -0.2) is 22.0 Å². The van der Waals surface area contributed by atoms with Crippen molar-refractivity contribution in [3.63, 3.8) is 0 Å². The molecule has 5 nitrogen and oxygen atoms in total. The van der Waals surface area contributed by atoms with Crippen molar-refractivity contribution < 1.29 is 27.1 Å². The molecule has 0 spiro atoms. The van der Waals surface area contributed by atoms with E-state index in [4.69, 9.17) is 5.11 Å². The van der Waals surface area contributed by atoms with Gasteiger partial charge < -0.3 is 5.11 Å². The van der Waals surface area contributed by atoms with Crippen LogP contribution in [-0.4, -0.2) is 19.5 Å². The number of anilines is 1. The first kappa shape index (κ1) is 15.9. The quantitative estimate of drug-likeness (QED) is 0.904. The van der Waals surface area contributed by atoms with Gasteiger partial charge in [-0.1, -0.05) is 6.07 Å². The van der Waals surface area contributed by atoms with Crippen molar-refractivity contribution in [2.24, 2.45) is 0 Å². The molecule has 0 aromatic heterocycles. The predicted molar refractivity (Wildman–Crippen MR) is 75.3 cm³/mol. The van der Waals surface area contributed by atoms with Gasteiger partial charge in [0.1, 0.15) is 16.5 Å². The van der Waals surface area contributed by atoms with Crippen molar-refractivity contribution in [3.8, 4) is 0 Å². The Balaban J connectivity index is 2.41. The standard InChI is InChI=1S/C14H11F2NO4S/c1-8-2-4-10(7-11(8)14(18)19)17-22(20,21)13-5-3-9(15)6-12(13)16/h2-7,17H,1H3,(H,18,19). The molecular formula is C14H11F2NO4S. The zero-order valence-electron chi connectivity index (χ0n) is 11.3. The van der Waals surface area contributed by atoms with Gasteiger partial charge in [0, 0.05) is 11.8 Å². The van der Waals surface area contributed by atoms with E-state index in [2.05, 4.69) is 4.72 Å². The van der Waals surface area contributed by atoms with Crippen molar-refractivity contribution in [1.29, 1.82) is 0 Å². The Morgan fingerprint density at radius 2 is 1.82 bits per heavy atom. The van der Waals surface area contributed by atoms with Gasteiger partial charge in [-0.2, -0.15) is 0 Å². The SMILES string of the molecule is Cc1ccc(NS(=O)(=O)c2ccc(F)cc2F)cc1C(=O)O.